The summed E-state index contributed by atoms with van der Waals surface area (Å²) in [5, 5.41) is 10.7. The maximum Gasteiger partial charge on any atom is 0.301 e. The standard InChI is InChI=1S/C17H11Cl2NO3/c1-9-3-2-4-11(7-9)20-16(22)14(15(21)17(20)23)12-6-5-10(18)8-13(12)19/h2-8,21H,1H3. The number of benzene rings is 2. The molecule has 0 spiro atoms. The minimum absolute atomic E-state index is 0.127. The fourth-order valence-corrected chi connectivity index (χ4v) is 2.96. The molecule has 116 valence electrons. The molecule has 0 saturated carbocycles. The summed E-state index contributed by atoms with van der Waals surface area (Å²) < 4.78 is 0. The van der Waals surface area contributed by atoms with Crippen LogP contribution in [0, 0.1) is 6.92 Å². The third kappa shape index (κ3) is 2.60. The monoisotopic (exact) mass is 347 g/mol. The highest BCUT2D eigenvalue weighted by Gasteiger charge is 2.40. The van der Waals surface area contributed by atoms with E-state index in [1.807, 2.05) is 13.0 Å². The fourth-order valence-electron chi connectivity index (χ4n) is 2.45. The van der Waals surface area contributed by atoms with Gasteiger partial charge in [0.05, 0.1) is 16.3 Å². The first kappa shape index (κ1) is 15.6. The summed E-state index contributed by atoms with van der Waals surface area (Å²) in [6.45, 7) is 1.85. The summed E-state index contributed by atoms with van der Waals surface area (Å²) in [5.74, 6) is -2.02. The Labute approximate surface area is 142 Å². The Bertz CT molecular complexity index is 874. The van der Waals surface area contributed by atoms with Crippen LogP contribution in [0.5, 0.6) is 0 Å². The molecule has 1 aliphatic heterocycles. The highest BCUT2D eigenvalue weighted by molar-refractivity contribution is 6.47. The molecule has 2 aromatic rings. The van der Waals surface area contributed by atoms with Gasteiger partial charge in [-0.05, 0) is 36.8 Å². The molecule has 0 fully saturated rings. The second kappa shape index (κ2) is 5.72. The van der Waals surface area contributed by atoms with E-state index in [-0.39, 0.29) is 16.2 Å². The zero-order valence-corrected chi connectivity index (χ0v) is 13.5. The van der Waals surface area contributed by atoms with Crippen LogP contribution in [0.3, 0.4) is 0 Å². The van der Waals surface area contributed by atoms with Gasteiger partial charge in [0.15, 0.2) is 5.76 Å². The van der Waals surface area contributed by atoms with Gasteiger partial charge < -0.3 is 5.11 Å². The van der Waals surface area contributed by atoms with Gasteiger partial charge in [0, 0.05) is 10.6 Å². The molecule has 1 aliphatic rings. The third-order valence-corrected chi connectivity index (χ3v) is 4.07. The van der Waals surface area contributed by atoms with Gasteiger partial charge >= 0.3 is 5.91 Å². The SMILES string of the molecule is Cc1cccc(N2C(=O)C(O)=C(c3ccc(Cl)cc3Cl)C2=O)c1. The van der Waals surface area contributed by atoms with E-state index in [9.17, 15) is 14.7 Å². The molecule has 0 aliphatic carbocycles. The molecule has 0 bridgehead atoms. The number of anilines is 1. The number of aliphatic hydroxyl groups excluding tert-OH is 1. The highest BCUT2D eigenvalue weighted by atomic mass is 35.5. The van der Waals surface area contributed by atoms with Crippen LogP contribution < -0.4 is 4.90 Å². The van der Waals surface area contributed by atoms with Crippen LogP contribution in [0.4, 0.5) is 5.69 Å². The van der Waals surface area contributed by atoms with Crippen LogP contribution in [0.1, 0.15) is 11.1 Å². The maximum atomic E-state index is 12.7. The van der Waals surface area contributed by atoms with E-state index >= 15 is 0 Å². The molecule has 0 saturated heterocycles. The predicted octanol–water partition coefficient (Wildman–Crippen LogP) is 4.14. The Morgan fingerprint density at radius 1 is 1.00 bits per heavy atom. The topological polar surface area (TPSA) is 57.6 Å². The third-order valence-electron chi connectivity index (χ3n) is 3.52. The fraction of sp³-hybridized carbons (Fsp3) is 0.0588. The van der Waals surface area contributed by atoms with Crippen LogP contribution in [0.15, 0.2) is 48.2 Å². The van der Waals surface area contributed by atoms with Gasteiger partial charge in [0.1, 0.15) is 0 Å². The van der Waals surface area contributed by atoms with Crippen molar-refractivity contribution in [1.82, 2.24) is 0 Å². The van der Waals surface area contributed by atoms with Crippen molar-refractivity contribution in [3.05, 3.63) is 69.4 Å². The molecule has 6 heteroatoms. The van der Waals surface area contributed by atoms with E-state index < -0.39 is 17.6 Å². The largest absolute Gasteiger partial charge is 0.502 e. The van der Waals surface area contributed by atoms with E-state index in [1.165, 1.54) is 18.2 Å². The van der Waals surface area contributed by atoms with Crippen LogP contribution in [-0.4, -0.2) is 16.9 Å². The first-order valence-electron chi connectivity index (χ1n) is 6.74. The second-order valence-corrected chi connectivity index (χ2v) is 5.98. The summed E-state index contributed by atoms with van der Waals surface area (Å²) >= 11 is 11.9. The number of halogens is 2. The molecule has 4 nitrogen and oxygen atoms in total. The van der Waals surface area contributed by atoms with Gasteiger partial charge in [-0.25, -0.2) is 4.90 Å². The van der Waals surface area contributed by atoms with E-state index in [1.54, 1.807) is 18.2 Å². The Kier molecular flexibility index (Phi) is 3.88. The molecule has 0 radical (unpaired) electrons. The van der Waals surface area contributed by atoms with Gasteiger partial charge in [-0.2, -0.15) is 0 Å². The van der Waals surface area contributed by atoms with Crippen molar-refractivity contribution < 1.29 is 14.7 Å². The number of carbonyl (C=O) groups is 2. The van der Waals surface area contributed by atoms with Gasteiger partial charge in [0.25, 0.3) is 5.91 Å². The van der Waals surface area contributed by atoms with Crippen molar-refractivity contribution >= 4 is 46.3 Å². The normalized spacial score (nSPS) is 14.8. The molecule has 1 N–H and O–H groups in total. The molecule has 0 aromatic heterocycles. The van der Waals surface area contributed by atoms with Crippen LogP contribution in [0.2, 0.25) is 10.0 Å². The Balaban J connectivity index is 2.10. The van der Waals surface area contributed by atoms with Gasteiger partial charge in [0.2, 0.25) is 0 Å². The molecule has 2 aromatic carbocycles. The summed E-state index contributed by atoms with van der Waals surface area (Å²) in [6, 6.07) is 11.4. The highest BCUT2D eigenvalue weighted by Crippen LogP contribution is 2.36. The van der Waals surface area contributed by atoms with Gasteiger partial charge in [-0.3, -0.25) is 9.59 Å². The summed E-state index contributed by atoms with van der Waals surface area (Å²) in [7, 11) is 0. The smallest absolute Gasteiger partial charge is 0.301 e. The lowest BCUT2D eigenvalue weighted by molar-refractivity contribution is -0.121. The molecular formula is C17H11Cl2NO3. The number of aliphatic hydroxyl groups is 1. The number of rotatable bonds is 2. The van der Waals surface area contributed by atoms with Crippen LogP contribution in [0.25, 0.3) is 5.57 Å². The number of carbonyl (C=O) groups excluding carboxylic acids is 2. The number of imide groups is 1. The summed E-state index contributed by atoms with van der Waals surface area (Å²) in [5.41, 5.74) is 1.42. The minimum atomic E-state index is -0.776. The molecule has 0 unspecified atom stereocenters. The minimum Gasteiger partial charge on any atom is -0.502 e. The summed E-state index contributed by atoms with van der Waals surface area (Å²) in [6.07, 6.45) is 0. The Hall–Kier alpha value is -2.30. The van der Waals surface area contributed by atoms with Crippen LogP contribution >= 0.6 is 23.2 Å². The molecule has 23 heavy (non-hydrogen) atoms. The lowest BCUT2D eigenvalue weighted by Gasteiger charge is -2.15. The van der Waals surface area contributed by atoms with E-state index in [2.05, 4.69) is 0 Å². The number of hydrogen-bond acceptors (Lipinski definition) is 3. The van der Waals surface area contributed by atoms with Crippen molar-refractivity contribution in [2.24, 2.45) is 0 Å². The molecule has 1 heterocycles. The van der Waals surface area contributed by atoms with Crippen molar-refractivity contribution in [2.45, 2.75) is 6.92 Å². The maximum absolute atomic E-state index is 12.7. The average molecular weight is 348 g/mol. The molecular weight excluding hydrogens is 337 g/mol. The quantitative estimate of drug-likeness (QED) is 0.830. The zero-order chi connectivity index (χ0) is 16.7. The van der Waals surface area contributed by atoms with Crippen molar-refractivity contribution in [3.63, 3.8) is 0 Å². The average Bonchev–Trinajstić information content (AvgIpc) is 2.70. The molecule has 3 rings (SSSR count). The van der Waals surface area contributed by atoms with Crippen molar-refractivity contribution in [2.75, 3.05) is 4.90 Å². The lowest BCUT2D eigenvalue weighted by atomic mass is 10.1. The van der Waals surface area contributed by atoms with Crippen LogP contribution in [-0.2, 0) is 9.59 Å². The van der Waals surface area contributed by atoms with E-state index in [0.717, 1.165) is 10.5 Å². The van der Waals surface area contributed by atoms with Crippen molar-refractivity contribution in [1.29, 1.82) is 0 Å². The number of hydrogen-bond donors (Lipinski definition) is 1. The zero-order valence-electron chi connectivity index (χ0n) is 12.0. The number of amides is 2. The second-order valence-electron chi connectivity index (χ2n) is 5.13. The first-order valence-corrected chi connectivity index (χ1v) is 7.50. The molecule has 2 amide bonds. The number of nitrogens with zero attached hydrogens (tertiary/aromatic N) is 1. The van der Waals surface area contributed by atoms with E-state index in [4.69, 9.17) is 23.2 Å². The predicted molar refractivity (Wildman–Crippen MR) is 89.7 cm³/mol. The Morgan fingerprint density at radius 2 is 1.74 bits per heavy atom. The van der Waals surface area contributed by atoms with Gasteiger partial charge in [-0.15, -0.1) is 0 Å². The van der Waals surface area contributed by atoms with E-state index in [0.29, 0.717) is 10.7 Å². The van der Waals surface area contributed by atoms with Gasteiger partial charge in [-0.1, -0.05) is 41.4 Å². The summed E-state index contributed by atoms with van der Waals surface area (Å²) in [4.78, 5) is 25.9. The van der Waals surface area contributed by atoms with Crippen molar-refractivity contribution in [3.8, 4) is 0 Å². The number of aryl methyl sites for hydroxylation is 1. The molecule has 0 atom stereocenters. The Morgan fingerprint density at radius 3 is 2.39 bits per heavy atom. The lowest BCUT2D eigenvalue weighted by Crippen LogP contribution is -2.31. The first-order chi connectivity index (χ1) is 10.9.